The van der Waals surface area contributed by atoms with Gasteiger partial charge in [0, 0.05) is 39.9 Å². The van der Waals surface area contributed by atoms with E-state index in [0.29, 0.717) is 5.92 Å². The summed E-state index contributed by atoms with van der Waals surface area (Å²) in [7, 11) is -0.748. The largest absolute Gasteiger partial charge is 0.294 e. The highest BCUT2D eigenvalue weighted by atomic mass is 32.2. The zero-order chi connectivity index (χ0) is 15.7. The van der Waals surface area contributed by atoms with Gasteiger partial charge in [-0.05, 0) is 52.5 Å². The minimum atomic E-state index is -0.748. The summed E-state index contributed by atoms with van der Waals surface area (Å²) in [6.45, 7) is 12.9. The molecular formula is C18H29NOS. The molecule has 1 saturated heterocycles. The van der Waals surface area contributed by atoms with Crippen molar-refractivity contribution in [3.8, 4) is 0 Å². The van der Waals surface area contributed by atoms with E-state index in [4.69, 9.17) is 0 Å². The van der Waals surface area contributed by atoms with Crippen LogP contribution in [0.25, 0.3) is 0 Å². The number of nitrogens with zero attached hydrogens (tertiary/aromatic N) is 1. The van der Waals surface area contributed by atoms with Gasteiger partial charge in [-0.2, -0.15) is 0 Å². The first kappa shape index (κ1) is 16.7. The molecule has 0 N–H and O–H groups in total. The molecule has 1 aliphatic rings. The van der Waals surface area contributed by atoms with Crippen molar-refractivity contribution in [2.24, 2.45) is 5.92 Å². The molecule has 2 nitrogen and oxygen atoms in total. The van der Waals surface area contributed by atoms with Gasteiger partial charge < -0.3 is 0 Å². The SMILES string of the molecule is CC1(C)CC(CS(=O)C(C)(C)C)CN1Cc1ccccc1. The van der Waals surface area contributed by atoms with Crippen molar-refractivity contribution in [1.29, 1.82) is 0 Å². The maximum Gasteiger partial charge on any atom is 0.0375 e. The van der Waals surface area contributed by atoms with Gasteiger partial charge in [0.1, 0.15) is 0 Å². The third kappa shape index (κ3) is 4.40. The predicted molar refractivity (Wildman–Crippen MR) is 91.8 cm³/mol. The molecule has 0 spiro atoms. The normalized spacial score (nSPS) is 24.1. The van der Waals surface area contributed by atoms with E-state index in [2.05, 4.69) is 69.9 Å². The molecule has 1 heterocycles. The van der Waals surface area contributed by atoms with E-state index < -0.39 is 10.8 Å². The fraction of sp³-hybridized carbons (Fsp3) is 0.667. The Morgan fingerprint density at radius 3 is 2.43 bits per heavy atom. The van der Waals surface area contributed by atoms with Crippen LogP contribution in [-0.4, -0.2) is 31.7 Å². The smallest absolute Gasteiger partial charge is 0.0375 e. The first-order valence-corrected chi connectivity index (χ1v) is 9.18. The second kappa shape index (κ2) is 6.21. The van der Waals surface area contributed by atoms with E-state index in [1.54, 1.807) is 0 Å². The molecule has 0 saturated carbocycles. The van der Waals surface area contributed by atoms with Gasteiger partial charge in [0.2, 0.25) is 0 Å². The Kier molecular flexibility index (Phi) is 4.94. The summed E-state index contributed by atoms with van der Waals surface area (Å²) in [6, 6.07) is 10.6. The Morgan fingerprint density at radius 2 is 1.86 bits per heavy atom. The second-order valence-electron chi connectivity index (χ2n) is 7.87. The van der Waals surface area contributed by atoms with E-state index in [1.807, 2.05) is 0 Å². The third-order valence-electron chi connectivity index (χ3n) is 4.41. The Balaban J connectivity index is 2.00. The van der Waals surface area contributed by atoms with Crippen molar-refractivity contribution in [2.45, 2.75) is 57.9 Å². The summed E-state index contributed by atoms with van der Waals surface area (Å²) in [4.78, 5) is 2.55. The molecule has 2 rings (SSSR count). The minimum absolute atomic E-state index is 0.100. The van der Waals surface area contributed by atoms with Crippen molar-refractivity contribution in [1.82, 2.24) is 4.90 Å². The summed E-state index contributed by atoms with van der Waals surface area (Å²) in [5.74, 6) is 1.38. The summed E-state index contributed by atoms with van der Waals surface area (Å²) < 4.78 is 12.3. The monoisotopic (exact) mass is 307 g/mol. The van der Waals surface area contributed by atoms with Crippen molar-refractivity contribution in [3.63, 3.8) is 0 Å². The highest BCUT2D eigenvalue weighted by Gasteiger charge is 2.39. The third-order valence-corrected chi connectivity index (χ3v) is 6.55. The molecule has 118 valence electrons. The minimum Gasteiger partial charge on any atom is -0.294 e. The van der Waals surface area contributed by atoms with Crippen LogP contribution >= 0.6 is 0 Å². The highest BCUT2D eigenvalue weighted by Crippen LogP contribution is 2.35. The first-order valence-electron chi connectivity index (χ1n) is 7.86. The highest BCUT2D eigenvalue weighted by molar-refractivity contribution is 7.86. The van der Waals surface area contributed by atoms with Crippen molar-refractivity contribution < 1.29 is 4.21 Å². The van der Waals surface area contributed by atoms with E-state index >= 15 is 0 Å². The summed E-state index contributed by atoms with van der Waals surface area (Å²) in [6.07, 6.45) is 1.14. The first-order chi connectivity index (χ1) is 9.68. The van der Waals surface area contributed by atoms with Crippen LogP contribution in [0.2, 0.25) is 0 Å². The molecule has 2 atom stereocenters. The van der Waals surface area contributed by atoms with Crippen LogP contribution < -0.4 is 0 Å². The molecule has 0 radical (unpaired) electrons. The lowest BCUT2D eigenvalue weighted by Crippen LogP contribution is -2.37. The Hall–Kier alpha value is -0.670. The molecule has 3 heteroatoms. The Bertz CT molecular complexity index is 490. The summed E-state index contributed by atoms with van der Waals surface area (Å²) in [5, 5.41) is 0. The molecule has 1 aromatic rings. The van der Waals surface area contributed by atoms with Crippen LogP contribution in [0.4, 0.5) is 0 Å². The van der Waals surface area contributed by atoms with Crippen LogP contribution in [0, 0.1) is 5.92 Å². The van der Waals surface area contributed by atoms with E-state index in [1.165, 1.54) is 5.56 Å². The van der Waals surface area contributed by atoms with Crippen molar-refractivity contribution in [3.05, 3.63) is 35.9 Å². The van der Waals surface area contributed by atoms with E-state index in [-0.39, 0.29) is 10.3 Å². The van der Waals surface area contributed by atoms with Crippen LogP contribution in [0.1, 0.15) is 46.6 Å². The molecule has 21 heavy (non-hydrogen) atoms. The lowest BCUT2D eigenvalue weighted by Gasteiger charge is -2.31. The average molecular weight is 308 g/mol. The zero-order valence-electron chi connectivity index (χ0n) is 14.1. The van der Waals surface area contributed by atoms with Gasteiger partial charge in [0.25, 0.3) is 0 Å². The summed E-state index contributed by atoms with van der Waals surface area (Å²) in [5.41, 5.74) is 1.56. The molecule has 2 unspecified atom stereocenters. The lowest BCUT2D eigenvalue weighted by molar-refractivity contribution is 0.166. The van der Waals surface area contributed by atoms with Crippen molar-refractivity contribution in [2.75, 3.05) is 12.3 Å². The predicted octanol–water partition coefficient (Wildman–Crippen LogP) is 3.83. The van der Waals surface area contributed by atoms with Gasteiger partial charge in [0.05, 0.1) is 0 Å². The molecule has 0 amide bonds. The molecular weight excluding hydrogens is 278 g/mol. The maximum absolute atomic E-state index is 12.4. The number of rotatable bonds is 4. The second-order valence-corrected chi connectivity index (χ2v) is 10.1. The fourth-order valence-electron chi connectivity index (χ4n) is 3.12. The van der Waals surface area contributed by atoms with Gasteiger partial charge in [-0.3, -0.25) is 9.11 Å². The summed E-state index contributed by atoms with van der Waals surface area (Å²) >= 11 is 0. The molecule has 0 aromatic heterocycles. The number of hydrogen-bond acceptors (Lipinski definition) is 2. The maximum atomic E-state index is 12.4. The van der Waals surface area contributed by atoms with E-state index in [0.717, 1.165) is 25.3 Å². The Labute approximate surface area is 132 Å². The topological polar surface area (TPSA) is 20.3 Å². The standard InChI is InChI=1S/C18H29NOS/c1-17(2,3)21(20)14-16-11-18(4,5)19(13-16)12-15-9-7-6-8-10-15/h6-10,16H,11-14H2,1-5H3. The molecule has 1 aliphatic heterocycles. The lowest BCUT2D eigenvalue weighted by atomic mass is 9.97. The van der Waals surface area contributed by atoms with E-state index in [9.17, 15) is 4.21 Å². The van der Waals surface area contributed by atoms with Crippen LogP contribution in [0.5, 0.6) is 0 Å². The van der Waals surface area contributed by atoms with Crippen LogP contribution in [0.15, 0.2) is 30.3 Å². The van der Waals surface area contributed by atoms with Gasteiger partial charge >= 0.3 is 0 Å². The van der Waals surface area contributed by atoms with Crippen LogP contribution in [-0.2, 0) is 17.3 Å². The fourth-order valence-corrected chi connectivity index (χ4v) is 4.27. The quantitative estimate of drug-likeness (QED) is 0.842. The molecule has 0 aliphatic carbocycles. The molecule has 1 fully saturated rings. The van der Waals surface area contributed by atoms with Gasteiger partial charge in [-0.1, -0.05) is 30.3 Å². The van der Waals surface area contributed by atoms with Gasteiger partial charge in [-0.15, -0.1) is 0 Å². The average Bonchev–Trinajstić information content (AvgIpc) is 2.64. The number of benzene rings is 1. The van der Waals surface area contributed by atoms with Crippen molar-refractivity contribution >= 4 is 10.8 Å². The van der Waals surface area contributed by atoms with Gasteiger partial charge in [0.15, 0.2) is 0 Å². The number of hydrogen-bond donors (Lipinski definition) is 0. The molecule has 0 bridgehead atoms. The number of likely N-dealkylation sites (tertiary alicyclic amines) is 1. The van der Waals surface area contributed by atoms with Gasteiger partial charge in [-0.25, -0.2) is 0 Å². The molecule has 1 aromatic carbocycles. The van der Waals surface area contributed by atoms with Crippen LogP contribution in [0.3, 0.4) is 0 Å². The zero-order valence-corrected chi connectivity index (χ0v) is 14.9. The Morgan fingerprint density at radius 1 is 1.24 bits per heavy atom.